The molecule has 2 rings (SSSR count). The molecule has 0 aromatic heterocycles. The second-order valence-electron chi connectivity index (χ2n) is 6.06. The monoisotopic (exact) mass is 278 g/mol. The number of carboxylic acid groups (broad SMARTS) is 1. The van der Waals surface area contributed by atoms with Crippen LogP contribution in [-0.2, 0) is 0 Å². The fourth-order valence-electron chi connectivity index (χ4n) is 2.73. The van der Waals surface area contributed by atoms with Crippen LogP contribution in [0, 0.1) is 17.8 Å². The van der Waals surface area contributed by atoms with Gasteiger partial charge >= 0.3 is 5.97 Å². The number of benzene rings is 1. The Hall–Kier alpha value is -1.35. The fraction of sp³-hybridized carbons (Fsp3) is 0.588. The van der Waals surface area contributed by atoms with Crippen LogP contribution >= 0.6 is 0 Å². The van der Waals surface area contributed by atoms with Gasteiger partial charge in [-0.2, -0.15) is 0 Å². The van der Waals surface area contributed by atoms with E-state index in [0.717, 1.165) is 12.3 Å². The molecule has 1 saturated carbocycles. The standard InChI is InChI=1S/C10H20O.C7H6O2/c1-7(2)9-5-4-8(3)6-10(9)11;8-7(9)6-4-2-1-3-5-6/h7-11H,4-6H2,1-3H3;1-5H,(H,8,9). The molecule has 1 aromatic carbocycles. The average Bonchev–Trinajstić information content (AvgIpc) is 2.40. The van der Waals surface area contributed by atoms with Crippen molar-refractivity contribution in [2.75, 3.05) is 0 Å². The summed E-state index contributed by atoms with van der Waals surface area (Å²) in [5, 5.41) is 18.1. The molecule has 3 atom stereocenters. The average molecular weight is 278 g/mol. The van der Waals surface area contributed by atoms with Crippen molar-refractivity contribution in [1.82, 2.24) is 0 Å². The van der Waals surface area contributed by atoms with Crippen LogP contribution < -0.4 is 0 Å². The highest BCUT2D eigenvalue weighted by Gasteiger charge is 2.28. The van der Waals surface area contributed by atoms with Gasteiger partial charge in [0.15, 0.2) is 0 Å². The number of rotatable bonds is 2. The molecular formula is C17H26O3. The molecule has 1 aliphatic carbocycles. The minimum absolute atomic E-state index is 0.0289. The molecule has 0 saturated heterocycles. The summed E-state index contributed by atoms with van der Waals surface area (Å²) in [4.78, 5) is 10.2. The largest absolute Gasteiger partial charge is 0.478 e. The molecular weight excluding hydrogens is 252 g/mol. The highest BCUT2D eigenvalue weighted by molar-refractivity contribution is 5.87. The number of carbonyl (C=O) groups is 1. The summed E-state index contributed by atoms with van der Waals surface area (Å²) in [7, 11) is 0. The zero-order valence-electron chi connectivity index (χ0n) is 12.6. The van der Waals surface area contributed by atoms with Gasteiger partial charge in [-0.1, -0.05) is 45.4 Å². The molecule has 1 aromatic rings. The van der Waals surface area contributed by atoms with E-state index in [9.17, 15) is 9.90 Å². The smallest absolute Gasteiger partial charge is 0.335 e. The number of aliphatic hydroxyl groups excluding tert-OH is 1. The zero-order chi connectivity index (χ0) is 15.1. The lowest BCUT2D eigenvalue weighted by Gasteiger charge is -2.33. The van der Waals surface area contributed by atoms with E-state index in [-0.39, 0.29) is 6.10 Å². The van der Waals surface area contributed by atoms with Crippen molar-refractivity contribution in [3.8, 4) is 0 Å². The van der Waals surface area contributed by atoms with Crippen LogP contribution in [0.3, 0.4) is 0 Å². The summed E-state index contributed by atoms with van der Waals surface area (Å²) in [6, 6.07) is 8.30. The van der Waals surface area contributed by atoms with E-state index < -0.39 is 5.97 Å². The van der Waals surface area contributed by atoms with Crippen molar-refractivity contribution in [3.63, 3.8) is 0 Å². The molecule has 0 radical (unpaired) electrons. The van der Waals surface area contributed by atoms with Crippen molar-refractivity contribution < 1.29 is 15.0 Å². The molecule has 1 aliphatic rings. The van der Waals surface area contributed by atoms with Crippen LogP contribution in [0.2, 0.25) is 0 Å². The Bertz CT molecular complexity index is 400. The van der Waals surface area contributed by atoms with Crippen LogP contribution in [0.1, 0.15) is 50.4 Å². The second kappa shape index (κ2) is 8.05. The van der Waals surface area contributed by atoms with Crippen LogP contribution in [-0.4, -0.2) is 22.3 Å². The highest BCUT2D eigenvalue weighted by atomic mass is 16.4. The predicted molar refractivity (Wildman–Crippen MR) is 80.8 cm³/mol. The summed E-state index contributed by atoms with van der Waals surface area (Å²) in [6.07, 6.45) is 3.52. The fourth-order valence-corrected chi connectivity index (χ4v) is 2.73. The van der Waals surface area contributed by atoms with E-state index in [1.54, 1.807) is 30.3 Å². The van der Waals surface area contributed by atoms with Crippen LogP contribution in [0.5, 0.6) is 0 Å². The Morgan fingerprint density at radius 1 is 1.20 bits per heavy atom. The third-order valence-electron chi connectivity index (χ3n) is 4.01. The molecule has 0 heterocycles. The summed E-state index contributed by atoms with van der Waals surface area (Å²) in [5.74, 6) is 1.07. The van der Waals surface area contributed by atoms with Gasteiger partial charge in [-0.3, -0.25) is 0 Å². The molecule has 1 fully saturated rings. The Labute approximate surface area is 121 Å². The van der Waals surface area contributed by atoms with Crippen LogP contribution in [0.15, 0.2) is 30.3 Å². The van der Waals surface area contributed by atoms with Crippen molar-refractivity contribution >= 4 is 5.97 Å². The topological polar surface area (TPSA) is 57.5 Å². The number of aromatic carboxylic acids is 1. The maximum absolute atomic E-state index is 10.2. The lowest BCUT2D eigenvalue weighted by molar-refractivity contribution is 0.0266. The number of carboxylic acids is 1. The zero-order valence-corrected chi connectivity index (χ0v) is 12.6. The van der Waals surface area contributed by atoms with Crippen LogP contribution in [0.4, 0.5) is 0 Å². The number of aliphatic hydroxyl groups is 1. The van der Waals surface area contributed by atoms with Gasteiger partial charge in [0.1, 0.15) is 0 Å². The highest BCUT2D eigenvalue weighted by Crippen LogP contribution is 2.33. The van der Waals surface area contributed by atoms with Crippen molar-refractivity contribution in [2.45, 2.75) is 46.1 Å². The van der Waals surface area contributed by atoms with E-state index >= 15 is 0 Å². The molecule has 3 nitrogen and oxygen atoms in total. The Morgan fingerprint density at radius 3 is 2.20 bits per heavy atom. The van der Waals surface area contributed by atoms with Crippen molar-refractivity contribution in [3.05, 3.63) is 35.9 Å². The van der Waals surface area contributed by atoms with E-state index in [2.05, 4.69) is 20.8 Å². The van der Waals surface area contributed by atoms with Crippen molar-refractivity contribution in [1.29, 1.82) is 0 Å². The molecule has 112 valence electrons. The first kappa shape index (κ1) is 16.7. The van der Waals surface area contributed by atoms with E-state index in [0.29, 0.717) is 17.4 Å². The summed E-state index contributed by atoms with van der Waals surface area (Å²) in [6.45, 7) is 6.66. The maximum atomic E-state index is 10.2. The van der Waals surface area contributed by atoms with Crippen molar-refractivity contribution in [2.24, 2.45) is 17.8 Å². The Balaban J connectivity index is 0.000000204. The lowest BCUT2D eigenvalue weighted by Crippen LogP contribution is -2.31. The molecule has 20 heavy (non-hydrogen) atoms. The van der Waals surface area contributed by atoms with E-state index in [1.165, 1.54) is 12.8 Å². The lowest BCUT2D eigenvalue weighted by atomic mass is 9.75. The minimum atomic E-state index is -0.879. The van der Waals surface area contributed by atoms with E-state index in [4.69, 9.17) is 5.11 Å². The summed E-state index contributed by atoms with van der Waals surface area (Å²) < 4.78 is 0. The Morgan fingerprint density at radius 2 is 1.80 bits per heavy atom. The molecule has 3 heteroatoms. The third-order valence-corrected chi connectivity index (χ3v) is 4.01. The van der Waals surface area contributed by atoms with Crippen LogP contribution in [0.25, 0.3) is 0 Å². The minimum Gasteiger partial charge on any atom is -0.478 e. The third kappa shape index (κ3) is 5.33. The predicted octanol–water partition coefficient (Wildman–Crippen LogP) is 3.82. The van der Waals surface area contributed by atoms with Gasteiger partial charge in [0.2, 0.25) is 0 Å². The van der Waals surface area contributed by atoms with Gasteiger partial charge in [-0.15, -0.1) is 0 Å². The van der Waals surface area contributed by atoms with Gasteiger partial charge < -0.3 is 10.2 Å². The summed E-state index contributed by atoms with van der Waals surface area (Å²) in [5.41, 5.74) is 0.331. The summed E-state index contributed by atoms with van der Waals surface area (Å²) >= 11 is 0. The first-order valence-corrected chi connectivity index (χ1v) is 7.38. The maximum Gasteiger partial charge on any atom is 0.335 e. The quantitative estimate of drug-likeness (QED) is 0.864. The van der Waals surface area contributed by atoms with Gasteiger partial charge in [0.25, 0.3) is 0 Å². The van der Waals surface area contributed by atoms with Gasteiger partial charge in [0, 0.05) is 0 Å². The Kier molecular flexibility index (Phi) is 6.73. The van der Waals surface area contributed by atoms with Gasteiger partial charge in [0.05, 0.1) is 11.7 Å². The van der Waals surface area contributed by atoms with Gasteiger partial charge in [-0.25, -0.2) is 4.79 Å². The molecule has 0 amide bonds. The molecule has 2 N–H and O–H groups in total. The second-order valence-corrected chi connectivity index (χ2v) is 6.06. The number of hydrogen-bond donors (Lipinski definition) is 2. The SMILES string of the molecule is CC1CCC(C(C)C)C(O)C1.O=C(O)c1ccccc1. The van der Waals surface area contributed by atoms with E-state index in [1.807, 2.05) is 0 Å². The normalized spacial score (nSPS) is 25.8. The molecule has 3 unspecified atom stereocenters. The van der Waals surface area contributed by atoms with Gasteiger partial charge in [-0.05, 0) is 42.7 Å². The number of hydrogen-bond acceptors (Lipinski definition) is 2. The first-order chi connectivity index (χ1) is 9.41. The first-order valence-electron chi connectivity index (χ1n) is 7.38. The molecule has 0 spiro atoms. The molecule has 0 aliphatic heterocycles. The molecule has 0 bridgehead atoms.